The van der Waals surface area contributed by atoms with E-state index in [0.717, 1.165) is 30.8 Å². The third-order valence-electron chi connectivity index (χ3n) is 4.48. The highest BCUT2D eigenvalue weighted by atomic mass is 16.5. The van der Waals surface area contributed by atoms with Crippen molar-refractivity contribution in [2.75, 3.05) is 29.9 Å². The van der Waals surface area contributed by atoms with Crippen molar-refractivity contribution in [3.05, 3.63) is 48.4 Å². The number of β-amino-alcohol motifs (C(OH)–C–C–N with tert-alkyl or cyclic N) is 1. The van der Waals surface area contributed by atoms with Crippen LogP contribution in [0.2, 0.25) is 0 Å². The average Bonchev–Trinajstić information content (AvgIpc) is 3.24. The third kappa shape index (κ3) is 5.98. The van der Waals surface area contributed by atoms with Gasteiger partial charge in [-0.05, 0) is 31.0 Å². The van der Waals surface area contributed by atoms with E-state index in [-0.39, 0.29) is 12.6 Å². The molecule has 0 aliphatic carbocycles. The summed E-state index contributed by atoms with van der Waals surface area (Å²) in [5.74, 6) is 2.54. The van der Waals surface area contributed by atoms with Crippen molar-refractivity contribution < 1.29 is 19.5 Å². The minimum atomic E-state index is -0.290. The number of aliphatic hydroxyl groups excluding tert-OH is 1. The van der Waals surface area contributed by atoms with E-state index in [0.29, 0.717) is 37.2 Å². The first-order chi connectivity index (χ1) is 14.7. The molecular weight excluding hydrogens is 388 g/mol. The molecule has 0 spiro atoms. The average molecular weight is 412 g/mol. The number of piperidine rings is 1. The smallest absolute Gasteiger partial charge is 0.290 e. The summed E-state index contributed by atoms with van der Waals surface area (Å²) >= 11 is 0. The van der Waals surface area contributed by atoms with Gasteiger partial charge in [0, 0.05) is 37.8 Å². The van der Waals surface area contributed by atoms with E-state index in [1.807, 2.05) is 36.4 Å². The van der Waals surface area contributed by atoms with Gasteiger partial charge in [0.25, 0.3) is 12.4 Å². The first kappa shape index (κ1) is 21.2. The van der Waals surface area contributed by atoms with E-state index in [2.05, 4.69) is 30.3 Å². The van der Waals surface area contributed by atoms with Crippen LogP contribution in [0.15, 0.2) is 47.1 Å². The molecule has 0 saturated carbocycles. The normalized spacial score (nSPS) is 15.8. The highest BCUT2D eigenvalue weighted by Crippen LogP contribution is 2.19. The summed E-state index contributed by atoms with van der Waals surface area (Å²) in [5, 5.41) is 23.9. The van der Waals surface area contributed by atoms with Crippen LogP contribution < -0.4 is 10.2 Å². The second-order valence-electron chi connectivity index (χ2n) is 6.64. The molecule has 0 amide bonds. The lowest BCUT2D eigenvalue weighted by Crippen LogP contribution is -2.38. The Hall–Kier alpha value is -3.53. The number of carbonyl (C=O) groups is 1. The van der Waals surface area contributed by atoms with Crippen LogP contribution >= 0.6 is 0 Å². The lowest BCUT2D eigenvalue weighted by atomic mass is 10.1. The van der Waals surface area contributed by atoms with Crippen LogP contribution in [-0.4, -0.2) is 62.5 Å². The molecule has 1 aromatic carbocycles. The second kappa shape index (κ2) is 10.9. The van der Waals surface area contributed by atoms with Gasteiger partial charge in [-0.25, -0.2) is 4.98 Å². The molecular formula is C20H24N6O4. The topological polar surface area (TPSA) is 138 Å². The van der Waals surface area contributed by atoms with Gasteiger partial charge in [0.2, 0.25) is 5.95 Å². The summed E-state index contributed by atoms with van der Waals surface area (Å²) in [6, 6.07) is 11.6. The Kier molecular flexibility index (Phi) is 7.67. The number of rotatable bonds is 6. The molecule has 4 rings (SSSR count). The molecule has 0 bridgehead atoms. The van der Waals surface area contributed by atoms with Gasteiger partial charge in [-0.2, -0.15) is 9.97 Å². The minimum Gasteiger partial charge on any atom is -0.483 e. The third-order valence-corrected chi connectivity index (χ3v) is 4.48. The van der Waals surface area contributed by atoms with E-state index >= 15 is 0 Å². The van der Waals surface area contributed by atoms with Crippen LogP contribution in [0.25, 0.3) is 11.5 Å². The SMILES string of the molecule is O=CO.OC1CCCN(c2ccnc(NCCc3noc(-c4ccccc4)n3)n2)C1. The summed E-state index contributed by atoms with van der Waals surface area (Å²) in [5.41, 5.74) is 0.906. The molecule has 3 N–H and O–H groups in total. The molecule has 158 valence electrons. The summed E-state index contributed by atoms with van der Waals surface area (Å²) < 4.78 is 5.31. The molecule has 10 nitrogen and oxygen atoms in total. The van der Waals surface area contributed by atoms with E-state index in [1.54, 1.807) is 6.20 Å². The lowest BCUT2D eigenvalue weighted by Gasteiger charge is -2.31. The summed E-state index contributed by atoms with van der Waals surface area (Å²) in [4.78, 5) is 23.7. The Morgan fingerprint density at radius 2 is 2.03 bits per heavy atom. The Morgan fingerprint density at radius 3 is 2.80 bits per heavy atom. The predicted octanol–water partition coefficient (Wildman–Crippen LogP) is 1.84. The molecule has 10 heteroatoms. The van der Waals surface area contributed by atoms with Crippen LogP contribution in [-0.2, 0) is 11.2 Å². The lowest BCUT2D eigenvalue weighted by molar-refractivity contribution is -0.122. The fourth-order valence-corrected chi connectivity index (χ4v) is 3.11. The molecule has 1 aliphatic rings. The van der Waals surface area contributed by atoms with Crippen molar-refractivity contribution in [2.45, 2.75) is 25.4 Å². The number of aliphatic hydroxyl groups is 1. The molecule has 1 saturated heterocycles. The number of nitrogens with zero attached hydrogens (tertiary/aromatic N) is 5. The predicted molar refractivity (Wildman–Crippen MR) is 110 cm³/mol. The zero-order valence-corrected chi connectivity index (χ0v) is 16.4. The number of aromatic nitrogens is 4. The molecule has 0 radical (unpaired) electrons. The Labute approximate surface area is 173 Å². The number of hydrogen-bond donors (Lipinski definition) is 3. The van der Waals surface area contributed by atoms with Crippen molar-refractivity contribution in [2.24, 2.45) is 0 Å². The first-order valence-corrected chi connectivity index (χ1v) is 9.65. The van der Waals surface area contributed by atoms with E-state index in [9.17, 15) is 5.11 Å². The monoisotopic (exact) mass is 412 g/mol. The van der Waals surface area contributed by atoms with Gasteiger partial charge >= 0.3 is 0 Å². The van der Waals surface area contributed by atoms with Crippen molar-refractivity contribution in [1.29, 1.82) is 0 Å². The zero-order valence-electron chi connectivity index (χ0n) is 16.4. The number of hydrogen-bond acceptors (Lipinski definition) is 9. The van der Waals surface area contributed by atoms with E-state index in [4.69, 9.17) is 14.4 Å². The largest absolute Gasteiger partial charge is 0.483 e. The Morgan fingerprint density at radius 1 is 1.23 bits per heavy atom. The van der Waals surface area contributed by atoms with Gasteiger partial charge in [-0.1, -0.05) is 23.4 Å². The standard InChI is InChI=1S/C19H22N6O2.CH2O2/c26-15-7-4-12-25(13-15)17-9-11-21-19(23-17)20-10-8-16-22-18(27-24-16)14-5-2-1-3-6-14;2-1-3/h1-3,5-6,9,11,15,26H,4,7-8,10,12-13H2,(H,20,21,23);1H,(H,2,3). The molecule has 1 atom stereocenters. The number of anilines is 2. The van der Waals surface area contributed by atoms with E-state index < -0.39 is 0 Å². The van der Waals surface area contributed by atoms with Crippen LogP contribution in [0.1, 0.15) is 18.7 Å². The first-order valence-electron chi connectivity index (χ1n) is 9.65. The van der Waals surface area contributed by atoms with Gasteiger partial charge in [-0.3, -0.25) is 4.79 Å². The number of carboxylic acid groups (broad SMARTS) is 1. The van der Waals surface area contributed by atoms with Crippen LogP contribution in [0, 0.1) is 0 Å². The van der Waals surface area contributed by atoms with Gasteiger partial charge < -0.3 is 25.0 Å². The van der Waals surface area contributed by atoms with Crippen molar-refractivity contribution in [1.82, 2.24) is 20.1 Å². The highest BCUT2D eigenvalue weighted by Gasteiger charge is 2.19. The summed E-state index contributed by atoms with van der Waals surface area (Å²) in [7, 11) is 0. The molecule has 1 fully saturated rings. The summed E-state index contributed by atoms with van der Waals surface area (Å²) in [6.45, 7) is 1.86. The molecule has 1 unspecified atom stereocenters. The molecule has 3 heterocycles. The van der Waals surface area contributed by atoms with Crippen LogP contribution in [0.3, 0.4) is 0 Å². The maximum absolute atomic E-state index is 9.84. The van der Waals surface area contributed by atoms with Gasteiger partial charge in [0.05, 0.1) is 6.10 Å². The number of nitrogens with one attached hydrogen (secondary N) is 1. The zero-order chi connectivity index (χ0) is 21.2. The maximum Gasteiger partial charge on any atom is 0.290 e. The minimum absolute atomic E-state index is 0.250. The van der Waals surface area contributed by atoms with Crippen molar-refractivity contribution in [3.8, 4) is 11.5 Å². The molecule has 2 aromatic heterocycles. The fraction of sp³-hybridized carbons (Fsp3) is 0.350. The van der Waals surface area contributed by atoms with Crippen molar-refractivity contribution in [3.63, 3.8) is 0 Å². The molecule has 1 aliphatic heterocycles. The van der Waals surface area contributed by atoms with Crippen molar-refractivity contribution >= 4 is 18.2 Å². The van der Waals surface area contributed by atoms with Gasteiger partial charge in [0.15, 0.2) is 5.82 Å². The molecule has 30 heavy (non-hydrogen) atoms. The maximum atomic E-state index is 9.84. The highest BCUT2D eigenvalue weighted by molar-refractivity contribution is 5.52. The Balaban J connectivity index is 0.000000806. The summed E-state index contributed by atoms with van der Waals surface area (Å²) in [6.07, 6.45) is 3.86. The van der Waals surface area contributed by atoms with Gasteiger partial charge in [-0.15, -0.1) is 0 Å². The molecule has 3 aromatic rings. The van der Waals surface area contributed by atoms with E-state index in [1.165, 1.54) is 0 Å². The fourth-order valence-electron chi connectivity index (χ4n) is 3.11. The van der Waals surface area contributed by atoms with Gasteiger partial charge in [0.1, 0.15) is 5.82 Å². The van der Waals surface area contributed by atoms with Crippen LogP contribution in [0.4, 0.5) is 11.8 Å². The Bertz CT molecular complexity index is 920. The number of benzene rings is 1. The quantitative estimate of drug-likeness (QED) is 0.514. The second-order valence-corrected chi connectivity index (χ2v) is 6.64. The van der Waals surface area contributed by atoms with Crippen LogP contribution in [0.5, 0.6) is 0 Å².